The monoisotopic (exact) mass is 173 g/mol. The number of hydrogen-bond acceptors (Lipinski definition) is 2. The summed E-state index contributed by atoms with van der Waals surface area (Å²) >= 11 is 0. The molecular formula is C10H11N3. The van der Waals surface area contributed by atoms with Crippen LogP contribution in [0.2, 0.25) is 0 Å². The van der Waals surface area contributed by atoms with E-state index in [2.05, 4.69) is 16.1 Å². The fourth-order valence-electron chi connectivity index (χ4n) is 1.19. The summed E-state index contributed by atoms with van der Waals surface area (Å²) in [5.41, 5.74) is 3.20. The molecule has 0 bridgehead atoms. The summed E-state index contributed by atoms with van der Waals surface area (Å²) in [6.07, 6.45) is 5.64. The highest BCUT2D eigenvalue weighted by atomic mass is 15.2. The molecule has 0 unspecified atom stereocenters. The Morgan fingerprint density at radius 2 is 2.08 bits per heavy atom. The van der Waals surface area contributed by atoms with Gasteiger partial charge in [-0.05, 0) is 18.6 Å². The Balaban J connectivity index is 2.41. The lowest BCUT2D eigenvalue weighted by Crippen LogP contribution is -1.84. The largest absolute Gasteiger partial charge is 0.275 e. The molecule has 0 N–H and O–H groups in total. The third-order valence-electron chi connectivity index (χ3n) is 1.91. The van der Waals surface area contributed by atoms with Gasteiger partial charge in [-0.15, -0.1) is 0 Å². The molecule has 0 atom stereocenters. The van der Waals surface area contributed by atoms with Crippen molar-refractivity contribution in [3.8, 4) is 11.3 Å². The molecule has 2 heterocycles. The fourth-order valence-corrected chi connectivity index (χ4v) is 1.19. The van der Waals surface area contributed by atoms with Crippen LogP contribution in [0.25, 0.3) is 11.3 Å². The zero-order valence-corrected chi connectivity index (χ0v) is 7.73. The van der Waals surface area contributed by atoms with Crippen LogP contribution in [0, 0.1) is 6.92 Å². The minimum Gasteiger partial charge on any atom is -0.275 e. The second kappa shape index (κ2) is 3.01. The predicted molar refractivity (Wildman–Crippen MR) is 51.2 cm³/mol. The van der Waals surface area contributed by atoms with Crippen LogP contribution >= 0.6 is 0 Å². The topological polar surface area (TPSA) is 30.7 Å². The van der Waals surface area contributed by atoms with E-state index in [4.69, 9.17) is 0 Å². The maximum absolute atomic E-state index is 4.31. The van der Waals surface area contributed by atoms with Crippen molar-refractivity contribution in [3.63, 3.8) is 0 Å². The second-order valence-corrected chi connectivity index (χ2v) is 3.12. The van der Waals surface area contributed by atoms with Gasteiger partial charge >= 0.3 is 0 Å². The Labute approximate surface area is 77.0 Å². The number of pyridine rings is 1. The number of nitrogens with zero attached hydrogens (tertiary/aromatic N) is 3. The molecule has 0 aliphatic heterocycles. The first-order chi connectivity index (χ1) is 6.25. The Morgan fingerprint density at radius 3 is 2.62 bits per heavy atom. The van der Waals surface area contributed by atoms with Crippen LogP contribution in [-0.2, 0) is 7.05 Å². The molecule has 2 rings (SSSR count). The van der Waals surface area contributed by atoms with Gasteiger partial charge in [0.05, 0.1) is 11.9 Å². The van der Waals surface area contributed by atoms with Crippen LogP contribution in [-0.4, -0.2) is 14.8 Å². The van der Waals surface area contributed by atoms with Crippen LogP contribution in [0.5, 0.6) is 0 Å². The third kappa shape index (κ3) is 1.59. The number of aryl methyl sites for hydroxylation is 2. The van der Waals surface area contributed by atoms with Gasteiger partial charge in [0.2, 0.25) is 0 Å². The Kier molecular flexibility index (Phi) is 1.85. The average molecular weight is 173 g/mol. The molecule has 13 heavy (non-hydrogen) atoms. The van der Waals surface area contributed by atoms with Crippen molar-refractivity contribution in [2.45, 2.75) is 6.92 Å². The first kappa shape index (κ1) is 7.98. The van der Waals surface area contributed by atoms with E-state index in [0.717, 1.165) is 11.3 Å². The van der Waals surface area contributed by atoms with Gasteiger partial charge in [0.15, 0.2) is 0 Å². The Bertz CT molecular complexity index is 400. The van der Waals surface area contributed by atoms with Crippen molar-refractivity contribution in [1.29, 1.82) is 0 Å². The molecule has 0 radical (unpaired) electrons. The summed E-state index contributed by atoms with van der Waals surface area (Å²) in [6.45, 7) is 2.03. The van der Waals surface area contributed by atoms with Crippen LogP contribution in [0.4, 0.5) is 0 Å². The van der Waals surface area contributed by atoms with Gasteiger partial charge in [0.25, 0.3) is 0 Å². The average Bonchev–Trinajstić information content (AvgIpc) is 2.53. The van der Waals surface area contributed by atoms with Gasteiger partial charge in [-0.3, -0.25) is 9.67 Å². The molecule has 0 aromatic carbocycles. The summed E-state index contributed by atoms with van der Waals surface area (Å²) in [4.78, 5) is 4.31. The second-order valence-electron chi connectivity index (χ2n) is 3.12. The van der Waals surface area contributed by atoms with Crippen molar-refractivity contribution in [1.82, 2.24) is 14.8 Å². The van der Waals surface area contributed by atoms with Gasteiger partial charge in [0.1, 0.15) is 0 Å². The molecule has 2 aromatic heterocycles. The van der Waals surface area contributed by atoms with E-state index < -0.39 is 0 Å². The molecular weight excluding hydrogens is 162 g/mol. The fraction of sp³-hybridized carbons (Fsp3) is 0.200. The summed E-state index contributed by atoms with van der Waals surface area (Å²) in [5.74, 6) is 0. The maximum Gasteiger partial charge on any atom is 0.0733 e. The molecule has 66 valence electrons. The van der Waals surface area contributed by atoms with Crippen LogP contribution < -0.4 is 0 Å². The molecule has 2 aromatic rings. The first-order valence-electron chi connectivity index (χ1n) is 4.17. The van der Waals surface area contributed by atoms with Crippen LogP contribution in [0.15, 0.2) is 30.7 Å². The molecule has 0 aliphatic rings. The SMILES string of the molecule is Cc1ccc(-c2cnn(C)c2)nc1. The summed E-state index contributed by atoms with van der Waals surface area (Å²) in [6, 6.07) is 4.06. The van der Waals surface area contributed by atoms with Crippen molar-refractivity contribution < 1.29 is 0 Å². The minimum absolute atomic E-state index is 0.971. The summed E-state index contributed by atoms with van der Waals surface area (Å²) < 4.78 is 1.77. The highest BCUT2D eigenvalue weighted by Crippen LogP contribution is 2.14. The van der Waals surface area contributed by atoms with E-state index in [0.29, 0.717) is 0 Å². The highest BCUT2D eigenvalue weighted by Gasteiger charge is 1.99. The number of aromatic nitrogens is 3. The molecule has 3 nitrogen and oxygen atoms in total. The minimum atomic E-state index is 0.971. The van der Waals surface area contributed by atoms with Gasteiger partial charge < -0.3 is 0 Å². The molecule has 0 fully saturated rings. The highest BCUT2D eigenvalue weighted by molar-refractivity contribution is 5.56. The van der Waals surface area contributed by atoms with E-state index in [1.54, 1.807) is 4.68 Å². The molecule has 0 saturated heterocycles. The van der Waals surface area contributed by atoms with E-state index >= 15 is 0 Å². The Morgan fingerprint density at radius 1 is 1.23 bits per heavy atom. The van der Waals surface area contributed by atoms with Crippen LogP contribution in [0.1, 0.15) is 5.56 Å². The standard InChI is InChI=1S/C10H11N3/c1-8-3-4-10(11-5-8)9-6-12-13(2)7-9/h3-7H,1-2H3. The quantitative estimate of drug-likeness (QED) is 0.658. The van der Waals surface area contributed by atoms with Gasteiger partial charge in [-0.25, -0.2) is 0 Å². The van der Waals surface area contributed by atoms with Gasteiger partial charge in [-0.1, -0.05) is 6.07 Å². The van der Waals surface area contributed by atoms with Crippen LogP contribution in [0.3, 0.4) is 0 Å². The van der Waals surface area contributed by atoms with Crippen molar-refractivity contribution in [2.75, 3.05) is 0 Å². The zero-order chi connectivity index (χ0) is 9.26. The van der Waals surface area contributed by atoms with Crippen molar-refractivity contribution in [3.05, 3.63) is 36.3 Å². The lowest BCUT2D eigenvalue weighted by molar-refractivity contribution is 0.768. The van der Waals surface area contributed by atoms with E-state index in [9.17, 15) is 0 Å². The number of hydrogen-bond donors (Lipinski definition) is 0. The zero-order valence-electron chi connectivity index (χ0n) is 7.73. The molecule has 3 heteroatoms. The maximum atomic E-state index is 4.31. The number of rotatable bonds is 1. The molecule has 0 spiro atoms. The van der Waals surface area contributed by atoms with E-state index in [-0.39, 0.29) is 0 Å². The van der Waals surface area contributed by atoms with E-state index in [1.165, 1.54) is 5.56 Å². The lowest BCUT2D eigenvalue weighted by Gasteiger charge is -1.95. The van der Waals surface area contributed by atoms with Crippen molar-refractivity contribution >= 4 is 0 Å². The lowest BCUT2D eigenvalue weighted by atomic mass is 10.2. The summed E-state index contributed by atoms with van der Waals surface area (Å²) in [5, 5.41) is 4.09. The molecule has 0 saturated carbocycles. The normalized spacial score (nSPS) is 10.3. The molecule has 0 amide bonds. The molecule has 0 aliphatic carbocycles. The van der Waals surface area contributed by atoms with Crippen molar-refractivity contribution in [2.24, 2.45) is 7.05 Å². The van der Waals surface area contributed by atoms with Gasteiger partial charge in [-0.2, -0.15) is 5.10 Å². The smallest absolute Gasteiger partial charge is 0.0733 e. The third-order valence-corrected chi connectivity index (χ3v) is 1.91. The summed E-state index contributed by atoms with van der Waals surface area (Å²) in [7, 11) is 1.90. The first-order valence-corrected chi connectivity index (χ1v) is 4.17. The van der Waals surface area contributed by atoms with E-state index in [1.807, 2.05) is 38.6 Å². The predicted octanol–water partition coefficient (Wildman–Crippen LogP) is 1.79. The van der Waals surface area contributed by atoms with Gasteiger partial charge in [0, 0.05) is 25.0 Å². The Hall–Kier alpha value is -1.64.